The van der Waals surface area contributed by atoms with Gasteiger partial charge in [0.05, 0.1) is 6.42 Å². The van der Waals surface area contributed by atoms with Crippen LogP contribution in [-0.2, 0) is 11.2 Å². The molecule has 19 heavy (non-hydrogen) atoms. The van der Waals surface area contributed by atoms with Gasteiger partial charge in [0.1, 0.15) is 5.82 Å². The second-order valence-corrected chi connectivity index (χ2v) is 4.86. The molecule has 1 atom stereocenters. The van der Waals surface area contributed by atoms with Crippen molar-refractivity contribution in [3.8, 4) is 0 Å². The first-order chi connectivity index (χ1) is 8.69. The van der Waals surface area contributed by atoms with Crippen molar-refractivity contribution >= 4 is 18.3 Å². The molecule has 3 nitrogen and oxygen atoms in total. The van der Waals surface area contributed by atoms with Crippen LogP contribution in [0.2, 0.25) is 0 Å². The maximum atomic E-state index is 12.8. The standard InChI is InChI=1S/C14H19FN2O.ClH/c1-16-9-12-6-7-17(10-12)14(18)8-11-2-4-13(15)5-3-11;/h2-5,12,16H,6-10H2,1H3;1H. The van der Waals surface area contributed by atoms with Gasteiger partial charge in [0.15, 0.2) is 0 Å². The highest BCUT2D eigenvalue weighted by molar-refractivity contribution is 5.85. The van der Waals surface area contributed by atoms with Crippen LogP contribution in [-0.4, -0.2) is 37.5 Å². The van der Waals surface area contributed by atoms with Crippen LogP contribution < -0.4 is 5.32 Å². The molecular formula is C14H20ClFN2O. The van der Waals surface area contributed by atoms with E-state index < -0.39 is 0 Å². The van der Waals surface area contributed by atoms with Crippen molar-refractivity contribution in [1.82, 2.24) is 10.2 Å². The fourth-order valence-electron chi connectivity index (χ4n) is 2.40. The molecule has 0 radical (unpaired) electrons. The molecule has 0 bridgehead atoms. The SMILES string of the molecule is CNCC1CCN(C(=O)Cc2ccc(F)cc2)C1.Cl. The lowest BCUT2D eigenvalue weighted by atomic mass is 10.1. The molecule has 0 spiro atoms. The molecule has 1 aromatic rings. The molecular weight excluding hydrogens is 267 g/mol. The highest BCUT2D eigenvalue weighted by atomic mass is 35.5. The Kier molecular flexibility index (Phi) is 6.25. The number of halogens is 2. The number of nitrogens with one attached hydrogen (secondary N) is 1. The molecule has 5 heteroatoms. The van der Waals surface area contributed by atoms with E-state index in [4.69, 9.17) is 0 Å². The summed E-state index contributed by atoms with van der Waals surface area (Å²) in [6.45, 7) is 2.63. The van der Waals surface area contributed by atoms with Crippen molar-refractivity contribution in [1.29, 1.82) is 0 Å². The Morgan fingerprint density at radius 3 is 2.74 bits per heavy atom. The third kappa shape index (κ3) is 4.48. The molecule has 1 unspecified atom stereocenters. The van der Waals surface area contributed by atoms with Crippen LogP contribution in [0.15, 0.2) is 24.3 Å². The Morgan fingerprint density at radius 1 is 1.42 bits per heavy atom. The third-order valence-corrected chi connectivity index (χ3v) is 3.40. The molecule has 2 rings (SSSR count). The number of rotatable bonds is 4. The highest BCUT2D eigenvalue weighted by Gasteiger charge is 2.25. The highest BCUT2D eigenvalue weighted by Crippen LogP contribution is 2.16. The normalized spacial score (nSPS) is 18.2. The molecule has 1 aromatic carbocycles. The molecule has 1 aliphatic rings. The zero-order chi connectivity index (χ0) is 13.0. The summed E-state index contributed by atoms with van der Waals surface area (Å²) < 4.78 is 12.8. The summed E-state index contributed by atoms with van der Waals surface area (Å²) in [5.74, 6) is 0.439. The Labute approximate surface area is 119 Å². The average Bonchev–Trinajstić information content (AvgIpc) is 2.81. The zero-order valence-corrected chi connectivity index (χ0v) is 11.9. The molecule has 0 aromatic heterocycles. The number of amides is 1. The van der Waals surface area contributed by atoms with E-state index in [2.05, 4.69) is 5.32 Å². The second-order valence-electron chi connectivity index (χ2n) is 4.86. The molecule has 1 aliphatic heterocycles. The van der Waals surface area contributed by atoms with Gasteiger partial charge >= 0.3 is 0 Å². The van der Waals surface area contributed by atoms with Gasteiger partial charge in [-0.25, -0.2) is 4.39 Å². The van der Waals surface area contributed by atoms with Gasteiger partial charge in [0.25, 0.3) is 0 Å². The van der Waals surface area contributed by atoms with Crippen LogP contribution in [0.4, 0.5) is 4.39 Å². The van der Waals surface area contributed by atoms with Crippen molar-refractivity contribution in [3.63, 3.8) is 0 Å². The molecule has 0 aliphatic carbocycles. The number of hydrogen-bond donors (Lipinski definition) is 1. The van der Waals surface area contributed by atoms with E-state index in [1.165, 1.54) is 12.1 Å². The smallest absolute Gasteiger partial charge is 0.226 e. The molecule has 1 amide bonds. The Morgan fingerprint density at radius 2 is 2.11 bits per heavy atom. The van der Waals surface area contributed by atoms with E-state index in [1.54, 1.807) is 12.1 Å². The Bertz CT molecular complexity index is 410. The Hall–Kier alpha value is -1.13. The van der Waals surface area contributed by atoms with Crippen LogP contribution in [0.5, 0.6) is 0 Å². The van der Waals surface area contributed by atoms with E-state index in [1.807, 2.05) is 11.9 Å². The molecule has 0 saturated carbocycles. The fourth-order valence-corrected chi connectivity index (χ4v) is 2.40. The van der Waals surface area contributed by atoms with Crippen LogP contribution in [0.25, 0.3) is 0 Å². The van der Waals surface area contributed by atoms with Gasteiger partial charge in [0.2, 0.25) is 5.91 Å². The van der Waals surface area contributed by atoms with Gasteiger partial charge in [-0.15, -0.1) is 12.4 Å². The Balaban J connectivity index is 0.00000180. The summed E-state index contributed by atoms with van der Waals surface area (Å²) in [5, 5.41) is 3.15. The van der Waals surface area contributed by atoms with E-state index in [0.29, 0.717) is 12.3 Å². The first-order valence-corrected chi connectivity index (χ1v) is 6.36. The fraction of sp³-hybridized carbons (Fsp3) is 0.500. The minimum Gasteiger partial charge on any atom is -0.342 e. The first kappa shape index (κ1) is 15.9. The van der Waals surface area contributed by atoms with Crippen molar-refractivity contribution in [2.24, 2.45) is 5.92 Å². The maximum absolute atomic E-state index is 12.8. The van der Waals surface area contributed by atoms with Gasteiger partial charge in [-0.1, -0.05) is 12.1 Å². The predicted octanol–water partition coefficient (Wildman–Crippen LogP) is 1.86. The molecule has 1 N–H and O–H groups in total. The summed E-state index contributed by atoms with van der Waals surface area (Å²) >= 11 is 0. The van der Waals surface area contributed by atoms with Gasteiger partial charge in [-0.05, 0) is 43.6 Å². The lowest BCUT2D eigenvalue weighted by Gasteiger charge is -2.16. The lowest BCUT2D eigenvalue weighted by molar-refractivity contribution is -0.129. The van der Waals surface area contributed by atoms with Crippen molar-refractivity contribution in [2.75, 3.05) is 26.7 Å². The summed E-state index contributed by atoms with van der Waals surface area (Å²) in [6.07, 6.45) is 1.43. The molecule has 1 heterocycles. The monoisotopic (exact) mass is 286 g/mol. The number of carbonyl (C=O) groups is 1. The lowest BCUT2D eigenvalue weighted by Crippen LogP contribution is -2.31. The predicted molar refractivity (Wildman–Crippen MR) is 76.0 cm³/mol. The van der Waals surface area contributed by atoms with Gasteiger partial charge in [-0.2, -0.15) is 0 Å². The largest absolute Gasteiger partial charge is 0.342 e. The molecule has 1 fully saturated rings. The van der Waals surface area contributed by atoms with E-state index in [-0.39, 0.29) is 24.1 Å². The number of hydrogen-bond acceptors (Lipinski definition) is 2. The number of carbonyl (C=O) groups excluding carboxylic acids is 1. The van der Waals surface area contributed by atoms with Crippen LogP contribution in [0.1, 0.15) is 12.0 Å². The van der Waals surface area contributed by atoms with Gasteiger partial charge in [0, 0.05) is 13.1 Å². The van der Waals surface area contributed by atoms with Crippen LogP contribution >= 0.6 is 12.4 Å². The topological polar surface area (TPSA) is 32.3 Å². The molecule has 106 valence electrons. The van der Waals surface area contributed by atoms with E-state index >= 15 is 0 Å². The minimum atomic E-state index is -0.263. The summed E-state index contributed by atoms with van der Waals surface area (Å²) in [5.41, 5.74) is 0.874. The molecule has 1 saturated heterocycles. The summed E-state index contributed by atoms with van der Waals surface area (Å²) in [6, 6.07) is 6.15. The third-order valence-electron chi connectivity index (χ3n) is 3.40. The van der Waals surface area contributed by atoms with Crippen molar-refractivity contribution in [2.45, 2.75) is 12.8 Å². The zero-order valence-electron chi connectivity index (χ0n) is 11.1. The van der Waals surface area contributed by atoms with Crippen LogP contribution in [0.3, 0.4) is 0 Å². The quantitative estimate of drug-likeness (QED) is 0.916. The first-order valence-electron chi connectivity index (χ1n) is 6.36. The minimum absolute atomic E-state index is 0. The second kappa shape index (κ2) is 7.46. The van der Waals surface area contributed by atoms with Crippen LogP contribution in [0, 0.1) is 11.7 Å². The number of likely N-dealkylation sites (tertiary alicyclic amines) is 1. The average molecular weight is 287 g/mol. The van der Waals surface area contributed by atoms with Crippen molar-refractivity contribution in [3.05, 3.63) is 35.6 Å². The number of nitrogens with zero attached hydrogens (tertiary/aromatic N) is 1. The van der Waals surface area contributed by atoms with Gasteiger partial charge in [-0.3, -0.25) is 4.79 Å². The van der Waals surface area contributed by atoms with E-state index in [0.717, 1.165) is 31.6 Å². The number of benzene rings is 1. The summed E-state index contributed by atoms with van der Waals surface area (Å²) in [7, 11) is 1.93. The van der Waals surface area contributed by atoms with E-state index in [9.17, 15) is 9.18 Å². The van der Waals surface area contributed by atoms with Gasteiger partial charge < -0.3 is 10.2 Å². The maximum Gasteiger partial charge on any atom is 0.226 e. The van der Waals surface area contributed by atoms with Crippen molar-refractivity contribution < 1.29 is 9.18 Å². The summed E-state index contributed by atoms with van der Waals surface area (Å²) in [4.78, 5) is 14.0.